The van der Waals surface area contributed by atoms with Crippen molar-refractivity contribution in [1.29, 1.82) is 0 Å². The quantitative estimate of drug-likeness (QED) is 0.761. The van der Waals surface area contributed by atoms with Gasteiger partial charge < -0.3 is 14.9 Å². The van der Waals surface area contributed by atoms with Crippen LogP contribution in [0.4, 0.5) is 0 Å². The molecule has 1 aromatic carbocycles. The molecular formula is C18H20N4O. The maximum atomic E-state index is 12.4. The number of likely N-dealkylation sites (N-methyl/N-ethyl adjacent to an activating group) is 1. The van der Waals surface area contributed by atoms with E-state index in [9.17, 15) is 4.79 Å². The summed E-state index contributed by atoms with van der Waals surface area (Å²) < 4.78 is 0. The van der Waals surface area contributed by atoms with Gasteiger partial charge >= 0.3 is 0 Å². The zero-order valence-corrected chi connectivity index (χ0v) is 13.2. The first kappa shape index (κ1) is 14.1. The summed E-state index contributed by atoms with van der Waals surface area (Å²) in [6, 6.07) is 10.2. The highest BCUT2D eigenvalue weighted by Crippen LogP contribution is 2.38. The summed E-state index contributed by atoms with van der Waals surface area (Å²) in [5, 5.41) is 1.17. The smallest absolute Gasteiger partial charge is 0.228 e. The maximum Gasteiger partial charge on any atom is 0.228 e. The Hall–Kier alpha value is -2.56. The Morgan fingerprint density at radius 3 is 2.87 bits per heavy atom. The predicted molar refractivity (Wildman–Crippen MR) is 89.0 cm³/mol. The molecule has 2 N–H and O–H groups in total. The first-order valence-corrected chi connectivity index (χ1v) is 8.03. The van der Waals surface area contributed by atoms with Gasteiger partial charge in [-0.1, -0.05) is 18.2 Å². The molecule has 4 rings (SSSR count). The molecule has 0 atom stereocenters. The third-order valence-corrected chi connectivity index (χ3v) is 4.37. The van der Waals surface area contributed by atoms with Crippen LogP contribution in [0.25, 0.3) is 10.9 Å². The third kappa shape index (κ3) is 2.99. The molecule has 0 bridgehead atoms. The Bertz CT molecular complexity index is 810. The van der Waals surface area contributed by atoms with E-state index in [1.807, 2.05) is 25.2 Å². The van der Waals surface area contributed by atoms with Crippen LogP contribution in [0.1, 0.15) is 36.0 Å². The molecule has 0 aliphatic heterocycles. The van der Waals surface area contributed by atoms with Gasteiger partial charge in [0.2, 0.25) is 5.91 Å². The van der Waals surface area contributed by atoms with E-state index < -0.39 is 0 Å². The second-order valence-corrected chi connectivity index (χ2v) is 6.38. The average molecular weight is 308 g/mol. The van der Waals surface area contributed by atoms with E-state index in [4.69, 9.17) is 0 Å². The second kappa shape index (κ2) is 5.57. The summed E-state index contributed by atoms with van der Waals surface area (Å²) in [5.74, 6) is 1.71. The maximum absolute atomic E-state index is 12.4. The van der Waals surface area contributed by atoms with Crippen molar-refractivity contribution in [3.63, 3.8) is 0 Å². The van der Waals surface area contributed by atoms with Crippen LogP contribution in [0, 0.1) is 0 Å². The molecule has 5 heteroatoms. The fourth-order valence-electron chi connectivity index (χ4n) is 2.89. The molecule has 0 spiro atoms. The monoisotopic (exact) mass is 308 g/mol. The molecule has 5 nitrogen and oxygen atoms in total. The number of hydrogen-bond donors (Lipinski definition) is 2. The fourth-order valence-corrected chi connectivity index (χ4v) is 2.89. The Morgan fingerprint density at radius 1 is 1.26 bits per heavy atom. The zero-order valence-electron chi connectivity index (χ0n) is 13.2. The third-order valence-electron chi connectivity index (χ3n) is 4.37. The van der Waals surface area contributed by atoms with Gasteiger partial charge in [-0.25, -0.2) is 4.98 Å². The molecule has 2 heterocycles. The zero-order chi connectivity index (χ0) is 15.8. The van der Waals surface area contributed by atoms with Gasteiger partial charge in [-0.2, -0.15) is 0 Å². The number of hydrogen-bond acceptors (Lipinski definition) is 2. The number of amides is 1. The van der Waals surface area contributed by atoms with Crippen molar-refractivity contribution in [3.8, 4) is 0 Å². The molecule has 1 saturated carbocycles. The van der Waals surface area contributed by atoms with Gasteiger partial charge in [0.05, 0.1) is 13.0 Å². The Labute approximate surface area is 134 Å². The van der Waals surface area contributed by atoms with Gasteiger partial charge in [0.15, 0.2) is 0 Å². The normalized spacial score (nSPS) is 14.3. The van der Waals surface area contributed by atoms with Gasteiger partial charge in [-0.15, -0.1) is 0 Å². The van der Waals surface area contributed by atoms with Gasteiger partial charge in [0.25, 0.3) is 0 Å². The van der Waals surface area contributed by atoms with Gasteiger partial charge in [-0.05, 0) is 30.4 Å². The van der Waals surface area contributed by atoms with Crippen LogP contribution >= 0.6 is 0 Å². The number of para-hydroxylation sites is 1. The van der Waals surface area contributed by atoms with Crippen LogP contribution in [0.5, 0.6) is 0 Å². The van der Waals surface area contributed by atoms with Crippen molar-refractivity contribution in [2.75, 3.05) is 7.05 Å². The van der Waals surface area contributed by atoms with E-state index in [1.165, 1.54) is 18.2 Å². The largest absolute Gasteiger partial charge is 0.357 e. The molecule has 1 aliphatic carbocycles. The van der Waals surface area contributed by atoms with Gasteiger partial charge in [-0.3, -0.25) is 4.79 Å². The van der Waals surface area contributed by atoms with E-state index in [1.54, 1.807) is 11.1 Å². The Morgan fingerprint density at radius 2 is 2.09 bits per heavy atom. The van der Waals surface area contributed by atoms with Gasteiger partial charge in [0, 0.05) is 36.1 Å². The molecule has 23 heavy (non-hydrogen) atoms. The fraction of sp³-hybridized carbons (Fsp3) is 0.333. The number of aromatic amines is 2. The first-order valence-electron chi connectivity index (χ1n) is 8.03. The number of aromatic nitrogens is 3. The second-order valence-electron chi connectivity index (χ2n) is 6.38. The number of benzene rings is 1. The summed E-state index contributed by atoms with van der Waals surface area (Å²) in [6.45, 7) is 0.580. The molecule has 1 aliphatic rings. The Kier molecular flexibility index (Phi) is 3.41. The summed E-state index contributed by atoms with van der Waals surface area (Å²) in [4.78, 5) is 25.2. The number of carbonyl (C=O) groups is 1. The van der Waals surface area contributed by atoms with Crippen molar-refractivity contribution in [2.24, 2.45) is 0 Å². The van der Waals surface area contributed by atoms with E-state index in [-0.39, 0.29) is 5.91 Å². The van der Waals surface area contributed by atoms with Crippen molar-refractivity contribution >= 4 is 16.8 Å². The summed E-state index contributed by atoms with van der Waals surface area (Å²) in [6.07, 6.45) is 4.58. The molecule has 1 amide bonds. The molecule has 2 aromatic heterocycles. The molecule has 3 aromatic rings. The number of fused-ring (bicyclic) bond motifs is 1. The number of imidazole rings is 1. The first-order chi connectivity index (χ1) is 11.2. The Balaban J connectivity index is 1.40. The summed E-state index contributed by atoms with van der Waals surface area (Å²) >= 11 is 0. The predicted octanol–water partition coefficient (Wildman–Crippen LogP) is 2.97. The van der Waals surface area contributed by atoms with Gasteiger partial charge in [0.1, 0.15) is 5.82 Å². The summed E-state index contributed by atoms with van der Waals surface area (Å²) in [7, 11) is 1.84. The lowest BCUT2D eigenvalue weighted by atomic mass is 10.2. The molecule has 118 valence electrons. The molecule has 0 unspecified atom stereocenters. The number of nitrogens with one attached hydrogen (secondary N) is 2. The number of nitrogens with zero attached hydrogens (tertiary/aromatic N) is 2. The van der Waals surface area contributed by atoms with E-state index >= 15 is 0 Å². The van der Waals surface area contributed by atoms with Crippen LogP contribution < -0.4 is 0 Å². The number of carbonyl (C=O) groups excluding carboxylic acids is 1. The van der Waals surface area contributed by atoms with Crippen molar-refractivity contribution in [1.82, 2.24) is 19.9 Å². The van der Waals surface area contributed by atoms with Crippen molar-refractivity contribution in [3.05, 3.63) is 53.7 Å². The minimum absolute atomic E-state index is 0.0923. The molecular weight excluding hydrogens is 288 g/mol. The SMILES string of the molecule is CN(Cc1cc2ccccc2[nH]1)C(=O)Cc1cnc(C2CC2)[nH]1. The van der Waals surface area contributed by atoms with Crippen LogP contribution in [-0.2, 0) is 17.8 Å². The topological polar surface area (TPSA) is 64.8 Å². The van der Waals surface area contributed by atoms with E-state index in [2.05, 4.69) is 27.1 Å². The highest BCUT2D eigenvalue weighted by Gasteiger charge is 2.26. The highest BCUT2D eigenvalue weighted by atomic mass is 16.2. The lowest BCUT2D eigenvalue weighted by molar-refractivity contribution is -0.129. The van der Waals surface area contributed by atoms with Crippen molar-refractivity contribution < 1.29 is 4.79 Å². The molecule has 1 fully saturated rings. The van der Waals surface area contributed by atoms with E-state index in [0.29, 0.717) is 18.9 Å². The minimum Gasteiger partial charge on any atom is -0.357 e. The molecule has 0 saturated heterocycles. The number of rotatable bonds is 5. The average Bonchev–Trinajstić information content (AvgIpc) is 3.15. The van der Waals surface area contributed by atoms with Crippen LogP contribution in [0.2, 0.25) is 0 Å². The highest BCUT2D eigenvalue weighted by molar-refractivity contribution is 5.81. The minimum atomic E-state index is 0.0923. The van der Waals surface area contributed by atoms with E-state index in [0.717, 1.165) is 22.7 Å². The standard InChI is InChI=1S/C18H20N4O/c1-22(11-15-8-13-4-2-3-5-16(13)20-15)17(23)9-14-10-19-18(21-14)12-6-7-12/h2-5,8,10,12,20H,6-7,9,11H2,1H3,(H,19,21). The summed E-state index contributed by atoms with van der Waals surface area (Å²) in [5.41, 5.74) is 3.05. The lowest BCUT2D eigenvalue weighted by Gasteiger charge is -2.15. The lowest BCUT2D eigenvalue weighted by Crippen LogP contribution is -2.28. The molecule has 0 radical (unpaired) electrons. The number of H-pyrrole nitrogens is 2. The van der Waals surface area contributed by atoms with Crippen LogP contribution in [0.3, 0.4) is 0 Å². The van der Waals surface area contributed by atoms with Crippen LogP contribution in [-0.4, -0.2) is 32.8 Å². The van der Waals surface area contributed by atoms with Crippen LogP contribution in [0.15, 0.2) is 36.5 Å². The van der Waals surface area contributed by atoms with Crippen molar-refractivity contribution in [2.45, 2.75) is 31.7 Å².